The quantitative estimate of drug-likeness (QED) is 0.782. The molecule has 1 aromatic rings. The van der Waals surface area contributed by atoms with Crippen LogP contribution in [-0.4, -0.2) is 40.9 Å². The molecule has 0 aromatic heterocycles. The molecule has 0 aliphatic heterocycles. The van der Waals surface area contributed by atoms with Gasteiger partial charge in [-0.3, -0.25) is 9.69 Å². The average molecular weight is 293 g/mol. The number of carboxylic acid groups (broad SMARTS) is 1. The highest BCUT2D eigenvalue weighted by Gasteiger charge is 2.23. The van der Waals surface area contributed by atoms with Gasteiger partial charge in [0.05, 0.1) is 6.54 Å². The summed E-state index contributed by atoms with van der Waals surface area (Å²) >= 11 is 1.81. The molecule has 1 aromatic carbocycles. The fourth-order valence-electron chi connectivity index (χ4n) is 2.75. The van der Waals surface area contributed by atoms with Gasteiger partial charge in [-0.25, -0.2) is 0 Å². The van der Waals surface area contributed by atoms with Crippen LogP contribution < -0.4 is 0 Å². The van der Waals surface area contributed by atoms with Gasteiger partial charge in [-0.05, 0) is 31.9 Å². The Morgan fingerprint density at radius 1 is 1.30 bits per heavy atom. The van der Waals surface area contributed by atoms with Gasteiger partial charge in [0.25, 0.3) is 0 Å². The SMILES string of the molecule is Cc1ccc(SCCN(CC(=O)O)C2CCCC2)cc1. The smallest absolute Gasteiger partial charge is 0.317 e. The molecule has 2 rings (SSSR count). The maximum absolute atomic E-state index is 11.0. The van der Waals surface area contributed by atoms with Crippen LogP contribution in [0.25, 0.3) is 0 Å². The minimum atomic E-state index is -0.711. The highest BCUT2D eigenvalue weighted by molar-refractivity contribution is 7.99. The molecular formula is C16H23NO2S. The number of hydrogen-bond acceptors (Lipinski definition) is 3. The van der Waals surface area contributed by atoms with E-state index in [-0.39, 0.29) is 6.54 Å². The molecule has 1 aliphatic carbocycles. The third kappa shape index (κ3) is 4.84. The summed E-state index contributed by atoms with van der Waals surface area (Å²) in [7, 11) is 0. The first kappa shape index (κ1) is 15.4. The lowest BCUT2D eigenvalue weighted by Crippen LogP contribution is -2.39. The van der Waals surface area contributed by atoms with E-state index in [4.69, 9.17) is 5.11 Å². The van der Waals surface area contributed by atoms with E-state index < -0.39 is 5.97 Å². The second-order valence-corrected chi connectivity index (χ2v) is 6.63. The van der Waals surface area contributed by atoms with Crippen molar-refractivity contribution in [3.8, 4) is 0 Å². The Hall–Kier alpha value is -1.00. The summed E-state index contributed by atoms with van der Waals surface area (Å²) in [5.74, 6) is 0.240. The van der Waals surface area contributed by atoms with Crippen molar-refractivity contribution in [3.63, 3.8) is 0 Å². The van der Waals surface area contributed by atoms with E-state index in [1.165, 1.54) is 23.3 Å². The zero-order chi connectivity index (χ0) is 14.4. The first-order valence-electron chi connectivity index (χ1n) is 7.30. The van der Waals surface area contributed by atoms with E-state index in [0.717, 1.165) is 25.1 Å². The number of carbonyl (C=O) groups is 1. The van der Waals surface area contributed by atoms with Gasteiger partial charge in [-0.2, -0.15) is 0 Å². The van der Waals surface area contributed by atoms with Gasteiger partial charge >= 0.3 is 5.97 Å². The average Bonchev–Trinajstić information content (AvgIpc) is 2.93. The van der Waals surface area contributed by atoms with E-state index in [0.29, 0.717) is 6.04 Å². The van der Waals surface area contributed by atoms with Crippen LogP contribution in [0.15, 0.2) is 29.2 Å². The molecule has 0 heterocycles. The Morgan fingerprint density at radius 2 is 1.95 bits per heavy atom. The topological polar surface area (TPSA) is 40.5 Å². The van der Waals surface area contributed by atoms with Crippen LogP contribution in [-0.2, 0) is 4.79 Å². The van der Waals surface area contributed by atoms with Crippen molar-refractivity contribution < 1.29 is 9.90 Å². The summed E-state index contributed by atoms with van der Waals surface area (Å²) in [6.45, 7) is 3.12. The van der Waals surface area contributed by atoms with Gasteiger partial charge in [0, 0.05) is 23.2 Å². The zero-order valence-electron chi connectivity index (χ0n) is 12.0. The van der Waals surface area contributed by atoms with E-state index in [1.807, 2.05) is 11.8 Å². The fraction of sp³-hybridized carbons (Fsp3) is 0.562. The summed E-state index contributed by atoms with van der Waals surface area (Å²) in [6, 6.07) is 8.99. The highest BCUT2D eigenvalue weighted by atomic mass is 32.2. The number of nitrogens with zero attached hydrogens (tertiary/aromatic N) is 1. The van der Waals surface area contributed by atoms with Gasteiger partial charge in [0.15, 0.2) is 0 Å². The number of thioether (sulfide) groups is 1. The molecule has 0 unspecified atom stereocenters. The van der Waals surface area contributed by atoms with Crippen LogP contribution in [0.5, 0.6) is 0 Å². The predicted octanol–water partition coefficient (Wildman–Crippen LogP) is 3.42. The van der Waals surface area contributed by atoms with Crippen molar-refractivity contribution >= 4 is 17.7 Å². The minimum absolute atomic E-state index is 0.180. The number of aryl methyl sites for hydroxylation is 1. The molecule has 1 saturated carbocycles. The van der Waals surface area contributed by atoms with Gasteiger partial charge in [-0.1, -0.05) is 30.5 Å². The molecule has 1 fully saturated rings. The Morgan fingerprint density at radius 3 is 2.55 bits per heavy atom. The molecule has 110 valence electrons. The lowest BCUT2D eigenvalue weighted by atomic mass is 10.2. The van der Waals surface area contributed by atoms with Gasteiger partial charge in [-0.15, -0.1) is 11.8 Å². The monoisotopic (exact) mass is 293 g/mol. The van der Waals surface area contributed by atoms with Gasteiger partial charge < -0.3 is 5.11 Å². The van der Waals surface area contributed by atoms with Crippen molar-refractivity contribution in [1.82, 2.24) is 4.90 Å². The van der Waals surface area contributed by atoms with Crippen LogP contribution >= 0.6 is 11.8 Å². The second kappa shape index (κ2) is 7.70. The first-order valence-corrected chi connectivity index (χ1v) is 8.29. The molecule has 0 bridgehead atoms. The van der Waals surface area contributed by atoms with E-state index in [1.54, 1.807) is 0 Å². The summed E-state index contributed by atoms with van der Waals surface area (Å²) in [4.78, 5) is 14.4. The number of hydrogen-bond donors (Lipinski definition) is 1. The van der Waals surface area contributed by atoms with Crippen LogP contribution in [0.4, 0.5) is 0 Å². The standard InChI is InChI=1S/C16H23NO2S/c1-13-6-8-15(9-7-13)20-11-10-17(12-16(18)19)14-4-2-3-5-14/h6-9,14H,2-5,10-12H2,1H3,(H,18,19). The van der Waals surface area contributed by atoms with Crippen molar-refractivity contribution in [2.24, 2.45) is 0 Å². The van der Waals surface area contributed by atoms with Crippen LogP contribution in [0.2, 0.25) is 0 Å². The first-order chi connectivity index (χ1) is 9.65. The molecule has 0 saturated heterocycles. The number of carboxylic acids is 1. The summed E-state index contributed by atoms with van der Waals surface area (Å²) in [5, 5.41) is 9.04. The van der Waals surface area contributed by atoms with Gasteiger partial charge in [0.2, 0.25) is 0 Å². The lowest BCUT2D eigenvalue weighted by molar-refractivity contribution is -0.138. The Bertz CT molecular complexity index is 427. The maximum atomic E-state index is 11.0. The summed E-state index contributed by atoms with van der Waals surface area (Å²) in [6.07, 6.45) is 4.79. The highest BCUT2D eigenvalue weighted by Crippen LogP contribution is 2.24. The Balaban J connectivity index is 1.81. The minimum Gasteiger partial charge on any atom is -0.480 e. The number of aliphatic carboxylic acids is 1. The largest absolute Gasteiger partial charge is 0.480 e. The molecular weight excluding hydrogens is 270 g/mol. The lowest BCUT2D eigenvalue weighted by Gasteiger charge is -2.26. The molecule has 0 amide bonds. The van der Waals surface area contributed by atoms with Crippen LogP contribution in [0, 0.1) is 6.92 Å². The number of rotatable bonds is 7. The molecule has 20 heavy (non-hydrogen) atoms. The second-order valence-electron chi connectivity index (χ2n) is 5.46. The van der Waals surface area contributed by atoms with Crippen LogP contribution in [0.1, 0.15) is 31.2 Å². The van der Waals surface area contributed by atoms with Crippen molar-refractivity contribution in [2.45, 2.75) is 43.5 Å². The van der Waals surface area contributed by atoms with E-state index >= 15 is 0 Å². The van der Waals surface area contributed by atoms with Gasteiger partial charge in [0.1, 0.15) is 0 Å². The Kier molecular flexibility index (Phi) is 5.92. The molecule has 4 heteroatoms. The summed E-state index contributed by atoms with van der Waals surface area (Å²) in [5.41, 5.74) is 1.27. The fourth-order valence-corrected chi connectivity index (χ4v) is 3.64. The maximum Gasteiger partial charge on any atom is 0.317 e. The third-order valence-corrected chi connectivity index (χ3v) is 4.84. The van der Waals surface area contributed by atoms with Crippen molar-refractivity contribution in [2.75, 3.05) is 18.8 Å². The van der Waals surface area contributed by atoms with E-state index in [2.05, 4.69) is 36.1 Å². The molecule has 1 aliphatic rings. The zero-order valence-corrected chi connectivity index (χ0v) is 12.9. The van der Waals surface area contributed by atoms with E-state index in [9.17, 15) is 4.79 Å². The normalized spacial score (nSPS) is 15.9. The molecule has 3 nitrogen and oxygen atoms in total. The summed E-state index contributed by atoms with van der Waals surface area (Å²) < 4.78 is 0. The van der Waals surface area contributed by atoms with Crippen LogP contribution in [0.3, 0.4) is 0 Å². The number of benzene rings is 1. The third-order valence-electron chi connectivity index (χ3n) is 3.85. The molecule has 1 N–H and O–H groups in total. The van der Waals surface area contributed by atoms with Crippen molar-refractivity contribution in [3.05, 3.63) is 29.8 Å². The molecule has 0 atom stereocenters. The Labute approximate surface area is 125 Å². The predicted molar refractivity (Wildman–Crippen MR) is 83.4 cm³/mol. The molecule has 0 spiro atoms. The van der Waals surface area contributed by atoms with Crippen molar-refractivity contribution in [1.29, 1.82) is 0 Å². The molecule has 0 radical (unpaired) electrons.